The number of aliphatic hydroxyl groups is 3. The van der Waals surface area contributed by atoms with Gasteiger partial charge in [0.1, 0.15) is 28.7 Å². The van der Waals surface area contributed by atoms with Gasteiger partial charge in [-0.05, 0) is 75.4 Å². The lowest BCUT2D eigenvalue weighted by molar-refractivity contribution is -0.147. The Kier molecular flexibility index (Phi) is 5.70. The van der Waals surface area contributed by atoms with E-state index in [1.807, 2.05) is 0 Å². The number of amides is 1. The van der Waals surface area contributed by atoms with Crippen LogP contribution in [0.5, 0.6) is 5.75 Å². The van der Waals surface area contributed by atoms with E-state index in [9.17, 15) is 34.8 Å². The number of fused-ring (bicyclic) bond motifs is 3. The molecule has 4 aliphatic carbocycles. The molecule has 2 saturated carbocycles. The van der Waals surface area contributed by atoms with E-state index < -0.39 is 64.2 Å². The number of carbonyl (C=O) groups is 3. The van der Waals surface area contributed by atoms with Crippen LogP contribution in [-0.4, -0.2) is 61.5 Å². The van der Waals surface area contributed by atoms with Crippen LogP contribution in [-0.2, 0) is 27.3 Å². The van der Waals surface area contributed by atoms with E-state index in [2.05, 4.69) is 4.90 Å². The van der Waals surface area contributed by atoms with Crippen LogP contribution in [0.3, 0.4) is 0 Å². The lowest BCUT2D eigenvalue weighted by atomic mass is 9.59. The third-order valence-corrected chi connectivity index (χ3v) is 9.39. The fraction of sp³-hybridized carbons (Fsp3) is 0.536. The number of nitrogens with zero attached hydrogens (tertiary/aromatic N) is 1. The number of Topliss-reactive ketones (excluding diaryl/α,β-unsaturated/α-hetero) is 2. The van der Waals surface area contributed by atoms with Crippen molar-refractivity contribution in [3.63, 3.8) is 0 Å². The van der Waals surface area contributed by atoms with Crippen molar-refractivity contribution in [3.8, 4) is 5.75 Å². The normalized spacial score (nSPS) is 30.3. The molecule has 38 heavy (non-hydrogen) atoms. The first-order chi connectivity index (χ1) is 18.0. The van der Waals surface area contributed by atoms with Crippen LogP contribution < -0.4 is 5.73 Å². The smallest absolute Gasteiger partial charge is 0.255 e. The molecule has 1 aliphatic heterocycles. The van der Waals surface area contributed by atoms with Crippen molar-refractivity contribution >= 4 is 23.2 Å². The Morgan fingerprint density at radius 2 is 1.74 bits per heavy atom. The number of primary amides is 1. The highest BCUT2D eigenvalue weighted by Crippen LogP contribution is 2.52. The second-order valence-corrected chi connectivity index (χ2v) is 11.6. The Morgan fingerprint density at radius 3 is 2.37 bits per heavy atom. The quantitative estimate of drug-likeness (QED) is 0.373. The molecule has 1 heterocycles. The van der Waals surface area contributed by atoms with Gasteiger partial charge in [0.2, 0.25) is 5.78 Å². The fourth-order valence-electron chi connectivity index (χ4n) is 7.23. The second-order valence-electron chi connectivity index (χ2n) is 11.6. The van der Waals surface area contributed by atoms with Crippen molar-refractivity contribution in [2.45, 2.75) is 57.1 Å². The van der Waals surface area contributed by atoms with Gasteiger partial charge in [-0.25, -0.2) is 4.39 Å². The maximum atomic E-state index is 15.8. The van der Waals surface area contributed by atoms with Gasteiger partial charge in [-0.15, -0.1) is 0 Å². The molecule has 202 valence electrons. The number of hydrogen-bond donors (Lipinski definition) is 5. The van der Waals surface area contributed by atoms with E-state index in [0.29, 0.717) is 12.1 Å². The molecule has 0 bridgehead atoms. The lowest BCUT2D eigenvalue weighted by Crippen LogP contribution is -2.58. The summed E-state index contributed by atoms with van der Waals surface area (Å²) in [5.41, 5.74) is 1.62. The van der Waals surface area contributed by atoms with Crippen LogP contribution in [0.1, 0.15) is 55.2 Å². The summed E-state index contributed by atoms with van der Waals surface area (Å²) in [5, 5.41) is 43.8. The van der Waals surface area contributed by atoms with E-state index in [0.717, 1.165) is 37.8 Å². The zero-order valence-electron chi connectivity index (χ0n) is 20.9. The zero-order chi connectivity index (χ0) is 27.1. The minimum absolute atomic E-state index is 0.0258. The topological polar surface area (TPSA) is 161 Å². The van der Waals surface area contributed by atoms with Crippen molar-refractivity contribution in [2.24, 2.45) is 29.4 Å². The van der Waals surface area contributed by atoms with Gasteiger partial charge in [0.15, 0.2) is 11.4 Å². The number of nitrogens with two attached hydrogens (primary N) is 1. The standard InChI is InChI=1S/C28H31FN2O7/c29-23-15(11-31-5-3-13(4-6-31)12-1-2-12)9-18(32)21-17(23)8-14-7-16-10-19(33)22(27(30)37)26(36)28(16,38)25(35)20(14)24(21)34/h9,12-14,16,32,34,36,38H,1-8,10-11H2,(H2,30,37)/t14?,16-,28-/m0/s1. The molecular weight excluding hydrogens is 495 g/mol. The molecule has 1 amide bonds. The number of hydrogen-bond acceptors (Lipinski definition) is 8. The Morgan fingerprint density at radius 1 is 1.08 bits per heavy atom. The van der Waals surface area contributed by atoms with Crippen LogP contribution in [0, 0.1) is 29.5 Å². The fourth-order valence-corrected chi connectivity index (χ4v) is 7.23. The molecule has 3 fully saturated rings. The molecule has 0 spiro atoms. The van der Waals surface area contributed by atoms with Crippen molar-refractivity contribution in [1.82, 2.24) is 4.90 Å². The Labute approximate surface area is 218 Å². The number of benzene rings is 1. The summed E-state index contributed by atoms with van der Waals surface area (Å²) in [6.45, 7) is 2.02. The molecule has 5 aliphatic rings. The lowest BCUT2D eigenvalue weighted by Gasteiger charge is -2.46. The SMILES string of the molecule is NC(=O)C1=C(O)[C@@]2(O)C(=O)C3=C(O)c4c(O)cc(CN5CCC(C6CC6)CC5)c(F)c4CC3C[C@H]2CC1=O. The number of piperidine rings is 1. The van der Waals surface area contributed by atoms with E-state index in [4.69, 9.17) is 5.73 Å². The van der Waals surface area contributed by atoms with Crippen molar-refractivity contribution in [2.75, 3.05) is 13.1 Å². The maximum Gasteiger partial charge on any atom is 0.255 e. The highest BCUT2D eigenvalue weighted by atomic mass is 19.1. The number of likely N-dealkylation sites (tertiary alicyclic amines) is 1. The number of halogens is 1. The highest BCUT2D eigenvalue weighted by Gasteiger charge is 2.60. The molecule has 0 aromatic heterocycles. The Bertz CT molecular complexity index is 1340. The Hall–Kier alpha value is -3.24. The van der Waals surface area contributed by atoms with Crippen LogP contribution >= 0.6 is 0 Å². The van der Waals surface area contributed by atoms with Gasteiger partial charge in [0.05, 0.1) is 5.56 Å². The molecule has 0 radical (unpaired) electrons. The molecular formula is C28H31FN2O7. The molecule has 6 N–H and O–H groups in total. The monoisotopic (exact) mass is 526 g/mol. The average Bonchev–Trinajstić information content (AvgIpc) is 3.70. The van der Waals surface area contributed by atoms with E-state index in [1.54, 1.807) is 0 Å². The predicted molar refractivity (Wildman–Crippen MR) is 132 cm³/mol. The average molecular weight is 527 g/mol. The number of aliphatic hydroxyl groups excluding tert-OH is 2. The van der Waals surface area contributed by atoms with Crippen molar-refractivity contribution < 1.29 is 39.2 Å². The van der Waals surface area contributed by atoms with Crippen LogP contribution in [0.15, 0.2) is 23.0 Å². The molecule has 1 aromatic rings. The summed E-state index contributed by atoms with van der Waals surface area (Å²) in [7, 11) is 0. The first-order valence-corrected chi connectivity index (χ1v) is 13.2. The van der Waals surface area contributed by atoms with Gasteiger partial charge in [-0.2, -0.15) is 0 Å². The molecule has 10 heteroatoms. The number of ketones is 2. The minimum Gasteiger partial charge on any atom is -0.508 e. The zero-order valence-corrected chi connectivity index (χ0v) is 20.9. The first kappa shape index (κ1) is 25.1. The van der Waals surface area contributed by atoms with Gasteiger partial charge in [0.25, 0.3) is 5.91 Å². The van der Waals surface area contributed by atoms with E-state index >= 15 is 4.39 Å². The Balaban J connectivity index is 1.35. The minimum atomic E-state index is -2.63. The predicted octanol–water partition coefficient (Wildman–Crippen LogP) is 2.18. The van der Waals surface area contributed by atoms with Gasteiger partial charge in [-0.3, -0.25) is 19.3 Å². The summed E-state index contributed by atoms with van der Waals surface area (Å²) in [6, 6.07) is 1.27. The maximum absolute atomic E-state index is 15.8. The molecule has 3 atom stereocenters. The number of aromatic hydroxyl groups is 1. The van der Waals surface area contributed by atoms with Gasteiger partial charge in [-0.1, -0.05) is 0 Å². The highest BCUT2D eigenvalue weighted by molar-refractivity contribution is 6.22. The molecule has 1 saturated heterocycles. The number of phenols is 1. The first-order valence-electron chi connectivity index (χ1n) is 13.2. The largest absolute Gasteiger partial charge is 0.508 e. The summed E-state index contributed by atoms with van der Waals surface area (Å²) >= 11 is 0. The van der Waals surface area contributed by atoms with Gasteiger partial charge in [0, 0.05) is 35.6 Å². The molecule has 6 rings (SSSR count). The molecule has 1 unspecified atom stereocenters. The third kappa shape index (κ3) is 3.60. The van der Waals surface area contributed by atoms with Crippen molar-refractivity contribution in [1.29, 1.82) is 0 Å². The number of rotatable bonds is 4. The van der Waals surface area contributed by atoms with Crippen LogP contribution in [0.2, 0.25) is 0 Å². The van der Waals surface area contributed by atoms with Gasteiger partial charge >= 0.3 is 0 Å². The third-order valence-electron chi connectivity index (χ3n) is 9.39. The summed E-state index contributed by atoms with van der Waals surface area (Å²) in [4.78, 5) is 39.9. The van der Waals surface area contributed by atoms with Gasteiger partial charge < -0.3 is 26.2 Å². The van der Waals surface area contributed by atoms with E-state index in [-0.39, 0.29) is 35.3 Å². The van der Waals surface area contributed by atoms with Crippen molar-refractivity contribution in [3.05, 3.63) is 45.5 Å². The summed E-state index contributed by atoms with van der Waals surface area (Å²) < 4.78 is 15.8. The summed E-state index contributed by atoms with van der Waals surface area (Å²) in [5.74, 6) is -6.16. The van der Waals surface area contributed by atoms with E-state index in [1.165, 1.54) is 18.9 Å². The molecule has 1 aromatic carbocycles. The molecule has 9 nitrogen and oxygen atoms in total. The summed E-state index contributed by atoms with van der Waals surface area (Å²) in [6.07, 6.45) is 4.27. The second kappa shape index (κ2) is 8.64. The number of carbonyl (C=O) groups excluding carboxylic acids is 3. The van der Waals surface area contributed by atoms with Crippen LogP contribution in [0.4, 0.5) is 4.39 Å². The van der Waals surface area contributed by atoms with Crippen LogP contribution in [0.25, 0.3) is 5.76 Å². The number of phenolic OH excluding ortho intramolecular Hbond substituents is 1.